The molecule has 2 N–H and O–H groups in total. The third-order valence-electron chi connectivity index (χ3n) is 1.90. The average Bonchev–Trinajstić information content (AvgIpc) is 2.20. The van der Waals surface area contributed by atoms with Gasteiger partial charge in [0.1, 0.15) is 0 Å². The number of rotatable bonds is 8. The number of nitrogens with one attached hydrogen (secondary N) is 2. The summed E-state index contributed by atoms with van der Waals surface area (Å²) in [5.74, 6) is 0.331. The van der Waals surface area contributed by atoms with E-state index in [0.717, 1.165) is 0 Å². The Morgan fingerprint density at radius 2 is 1.69 bits per heavy atom. The molecule has 0 bridgehead atoms. The maximum absolute atomic E-state index is 11.2. The normalized spacial score (nSPS) is 10.2. The third-order valence-corrected chi connectivity index (χ3v) is 1.90. The second kappa shape index (κ2) is 9.15. The van der Waals surface area contributed by atoms with Crippen molar-refractivity contribution >= 4 is 11.8 Å². The van der Waals surface area contributed by atoms with Crippen molar-refractivity contribution in [2.24, 2.45) is 5.92 Å². The van der Waals surface area contributed by atoms with Crippen LogP contribution >= 0.6 is 0 Å². The van der Waals surface area contributed by atoms with Gasteiger partial charge in [0.05, 0.1) is 6.61 Å². The summed E-state index contributed by atoms with van der Waals surface area (Å²) in [5, 5.41) is 5.43. The summed E-state index contributed by atoms with van der Waals surface area (Å²) in [6.07, 6.45) is 0.883. The molecule has 0 atom stereocenters. The van der Waals surface area contributed by atoms with E-state index in [1.807, 2.05) is 13.8 Å². The second-order valence-corrected chi connectivity index (χ2v) is 4.04. The molecule has 0 aliphatic rings. The van der Waals surface area contributed by atoms with Crippen LogP contribution in [0.4, 0.5) is 0 Å². The van der Waals surface area contributed by atoms with Gasteiger partial charge >= 0.3 is 0 Å². The molecular weight excluding hydrogens is 208 g/mol. The number of ether oxygens (including phenoxy) is 1. The smallest absolute Gasteiger partial charge is 0.222 e. The third kappa shape index (κ3) is 9.45. The summed E-state index contributed by atoms with van der Waals surface area (Å²) in [6, 6.07) is 0. The summed E-state index contributed by atoms with van der Waals surface area (Å²) in [6.45, 7) is 5.35. The SMILES string of the molecule is COCCC(=O)NCCNC(=O)CC(C)C. The molecule has 0 radical (unpaired) electrons. The highest BCUT2D eigenvalue weighted by molar-refractivity contribution is 5.77. The lowest BCUT2D eigenvalue weighted by atomic mass is 10.1. The minimum Gasteiger partial charge on any atom is -0.384 e. The maximum atomic E-state index is 11.2. The Balaban J connectivity index is 3.38. The van der Waals surface area contributed by atoms with Gasteiger partial charge < -0.3 is 15.4 Å². The van der Waals surface area contributed by atoms with Crippen LogP contribution in [-0.4, -0.2) is 38.6 Å². The van der Waals surface area contributed by atoms with E-state index in [9.17, 15) is 9.59 Å². The van der Waals surface area contributed by atoms with Crippen LogP contribution in [-0.2, 0) is 14.3 Å². The first kappa shape index (κ1) is 14.9. The molecule has 0 aliphatic carbocycles. The van der Waals surface area contributed by atoms with Gasteiger partial charge in [-0.05, 0) is 5.92 Å². The van der Waals surface area contributed by atoms with Crippen molar-refractivity contribution in [3.63, 3.8) is 0 Å². The first-order valence-electron chi connectivity index (χ1n) is 5.58. The van der Waals surface area contributed by atoms with Crippen LogP contribution in [0.3, 0.4) is 0 Å². The van der Waals surface area contributed by atoms with Crippen molar-refractivity contribution in [1.29, 1.82) is 0 Å². The van der Waals surface area contributed by atoms with Crippen molar-refractivity contribution in [2.75, 3.05) is 26.8 Å². The fourth-order valence-corrected chi connectivity index (χ4v) is 1.13. The molecule has 5 nitrogen and oxygen atoms in total. The standard InChI is InChI=1S/C11H22N2O3/c1-9(2)8-11(15)13-6-5-12-10(14)4-7-16-3/h9H,4-8H2,1-3H3,(H,12,14)(H,13,15). The van der Waals surface area contributed by atoms with Gasteiger partial charge in [0.2, 0.25) is 11.8 Å². The van der Waals surface area contributed by atoms with Crippen molar-refractivity contribution in [1.82, 2.24) is 10.6 Å². The van der Waals surface area contributed by atoms with Crippen molar-refractivity contribution in [2.45, 2.75) is 26.7 Å². The van der Waals surface area contributed by atoms with Crippen molar-refractivity contribution in [3.8, 4) is 0 Å². The zero-order chi connectivity index (χ0) is 12.4. The summed E-state index contributed by atoms with van der Waals surface area (Å²) in [5.41, 5.74) is 0. The van der Waals surface area contributed by atoms with E-state index in [0.29, 0.717) is 38.5 Å². The van der Waals surface area contributed by atoms with Crippen molar-refractivity contribution in [3.05, 3.63) is 0 Å². The van der Waals surface area contributed by atoms with E-state index < -0.39 is 0 Å². The summed E-state index contributed by atoms with van der Waals surface area (Å²) >= 11 is 0. The van der Waals surface area contributed by atoms with Crippen molar-refractivity contribution < 1.29 is 14.3 Å². The minimum absolute atomic E-state index is 0.0288. The van der Waals surface area contributed by atoms with E-state index >= 15 is 0 Å². The monoisotopic (exact) mass is 230 g/mol. The van der Waals surface area contributed by atoms with Gasteiger partial charge in [-0.15, -0.1) is 0 Å². The topological polar surface area (TPSA) is 67.4 Å². The van der Waals surface area contributed by atoms with E-state index in [-0.39, 0.29) is 11.8 Å². The predicted molar refractivity (Wildman–Crippen MR) is 62.0 cm³/mol. The molecule has 0 aromatic heterocycles. The molecule has 0 saturated carbocycles. The lowest BCUT2D eigenvalue weighted by Crippen LogP contribution is -2.35. The Morgan fingerprint density at radius 1 is 1.12 bits per heavy atom. The molecule has 94 valence electrons. The Hall–Kier alpha value is -1.10. The predicted octanol–water partition coefficient (Wildman–Crippen LogP) is 0.301. The molecule has 0 aromatic carbocycles. The average molecular weight is 230 g/mol. The highest BCUT2D eigenvalue weighted by atomic mass is 16.5. The van der Waals surface area contributed by atoms with Crippen LogP contribution in [0, 0.1) is 5.92 Å². The van der Waals surface area contributed by atoms with Gasteiger partial charge in [-0.25, -0.2) is 0 Å². The molecule has 0 saturated heterocycles. The Morgan fingerprint density at radius 3 is 2.19 bits per heavy atom. The summed E-state index contributed by atoms with van der Waals surface area (Å²) < 4.78 is 4.77. The molecule has 2 amide bonds. The highest BCUT2D eigenvalue weighted by Crippen LogP contribution is 1.97. The van der Waals surface area contributed by atoms with Crippen LogP contribution in [0.5, 0.6) is 0 Å². The zero-order valence-corrected chi connectivity index (χ0v) is 10.3. The van der Waals surface area contributed by atoms with Gasteiger partial charge in [0.25, 0.3) is 0 Å². The van der Waals surface area contributed by atoms with Crippen LogP contribution in [0.15, 0.2) is 0 Å². The molecule has 0 fully saturated rings. The maximum Gasteiger partial charge on any atom is 0.222 e. The number of carbonyl (C=O) groups is 2. The lowest BCUT2D eigenvalue weighted by molar-refractivity contribution is -0.123. The Bertz CT molecular complexity index is 217. The number of carbonyl (C=O) groups excluding carboxylic acids is 2. The van der Waals surface area contributed by atoms with Gasteiger partial charge in [0, 0.05) is 33.0 Å². The van der Waals surface area contributed by atoms with Gasteiger partial charge in [-0.1, -0.05) is 13.8 Å². The molecule has 0 spiro atoms. The van der Waals surface area contributed by atoms with Crippen LogP contribution in [0.1, 0.15) is 26.7 Å². The molecule has 5 heteroatoms. The molecule has 16 heavy (non-hydrogen) atoms. The van der Waals surface area contributed by atoms with E-state index in [2.05, 4.69) is 10.6 Å². The largest absolute Gasteiger partial charge is 0.384 e. The lowest BCUT2D eigenvalue weighted by Gasteiger charge is -2.08. The minimum atomic E-state index is -0.0556. The quantitative estimate of drug-likeness (QED) is 0.589. The fraction of sp³-hybridized carbons (Fsp3) is 0.818. The van der Waals surface area contributed by atoms with Crippen LogP contribution < -0.4 is 10.6 Å². The van der Waals surface area contributed by atoms with Crippen LogP contribution in [0.2, 0.25) is 0 Å². The molecule has 0 unspecified atom stereocenters. The molecule has 0 heterocycles. The van der Waals surface area contributed by atoms with Gasteiger partial charge in [0.15, 0.2) is 0 Å². The summed E-state index contributed by atoms with van der Waals surface area (Å²) in [7, 11) is 1.55. The fourth-order valence-electron chi connectivity index (χ4n) is 1.13. The van der Waals surface area contributed by atoms with Gasteiger partial charge in [-0.2, -0.15) is 0 Å². The van der Waals surface area contributed by atoms with E-state index in [4.69, 9.17) is 4.74 Å². The number of methoxy groups -OCH3 is 1. The van der Waals surface area contributed by atoms with E-state index in [1.165, 1.54) is 0 Å². The zero-order valence-electron chi connectivity index (χ0n) is 10.3. The number of hydrogen-bond acceptors (Lipinski definition) is 3. The first-order valence-corrected chi connectivity index (χ1v) is 5.58. The highest BCUT2D eigenvalue weighted by Gasteiger charge is 2.04. The van der Waals surface area contributed by atoms with Crippen LogP contribution in [0.25, 0.3) is 0 Å². The molecule has 0 rings (SSSR count). The number of amides is 2. The first-order chi connectivity index (χ1) is 7.56. The molecular formula is C11H22N2O3. The second-order valence-electron chi connectivity index (χ2n) is 4.04. The molecule has 0 aliphatic heterocycles. The van der Waals surface area contributed by atoms with E-state index in [1.54, 1.807) is 7.11 Å². The molecule has 0 aromatic rings. The Labute approximate surface area is 96.9 Å². The summed E-state index contributed by atoms with van der Waals surface area (Å²) in [4.78, 5) is 22.3. The van der Waals surface area contributed by atoms with Gasteiger partial charge in [-0.3, -0.25) is 9.59 Å². The number of hydrogen-bond donors (Lipinski definition) is 2. The Kier molecular flexibility index (Phi) is 8.52.